The van der Waals surface area contributed by atoms with Gasteiger partial charge in [0.15, 0.2) is 0 Å². The third kappa shape index (κ3) is 3.51. The zero-order valence-corrected chi connectivity index (χ0v) is 12.3. The first-order valence-electron chi connectivity index (χ1n) is 6.56. The van der Waals surface area contributed by atoms with Crippen LogP contribution in [0, 0.1) is 6.92 Å². The average molecular weight is 286 g/mol. The third-order valence-electron chi connectivity index (χ3n) is 3.19. The molecule has 0 saturated heterocycles. The molecule has 0 fully saturated rings. The lowest BCUT2D eigenvalue weighted by atomic mass is 10.1. The fourth-order valence-corrected chi connectivity index (χ4v) is 2.15. The van der Waals surface area contributed by atoms with E-state index in [1.165, 1.54) is 0 Å². The van der Waals surface area contributed by atoms with Crippen LogP contribution in [0.1, 0.15) is 21.7 Å². The van der Waals surface area contributed by atoms with Crippen LogP contribution in [0.2, 0.25) is 0 Å². The van der Waals surface area contributed by atoms with E-state index in [0.717, 1.165) is 11.4 Å². The molecule has 2 aromatic rings. The summed E-state index contributed by atoms with van der Waals surface area (Å²) < 4.78 is 5.17. The molecule has 0 spiro atoms. The molecular weight excluding hydrogens is 268 g/mol. The minimum Gasteiger partial charge on any atom is -0.497 e. The van der Waals surface area contributed by atoms with E-state index in [2.05, 4.69) is 4.98 Å². The molecule has 2 rings (SSSR count). The highest BCUT2D eigenvalue weighted by Gasteiger charge is 2.15. The van der Waals surface area contributed by atoms with Gasteiger partial charge < -0.3 is 14.7 Å². The molecular formula is C16H18N2O3. The summed E-state index contributed by atoms with van der Waals surface area (Å²) in [6.45, 7) is 2.45. The zero-order valence-electron chi connectivity index (χ0n) is 12.3. The van der Waals surface area contributed by atoms with E-state index in [1.807, 2.05) is 37.1 Å². The van der Waals surface area contributed by atoms with Gasteiger partial charge in [0.2, 0.25) is 0 Å². The van der Waals surface area contributed by atoms with Crippen LogP contribution >= 0.6 is 0 Å². The van der Waals surface area contributed by atoms with E-state index >= 15 is 0 Å². The Kier molecular flexibility index (Phi) is 4.42. The maximum atomic E-state index is 11.3. The number of benzene rings is 1. The van der Waals surface area contributed by atoms with Gasteiger partial charge in [-0.15, -0.1) is 0 Å². The lowest BCUT2D eigenvalue weighted by Gasteiger charge is -2.21. The van der Waals surface area contributed by atoms with E-state index < -0.39 is 5.97 Å². The zero-order chi connectivity index (χ0) is 15.4. The Labute approximate surface area is 123 Å². The molecule has 1 heterocycles. The highest BCUT2D eigenvalue weighted by atomic mass is 16.5. The highest BCUT2D eigenvalue weighted by Crippen LogP contribution is 2.26. The second kappa shape index (κ2) is 6.26. The van der Waals surface area contributed by atoms with Gasteiger partial charge in [0.25, 0.3) is 0 Å². The molecule has 0 bridgehead atoms. The van der Waals surface area contributed by atoms with Crippen LogP contribution in [0.15, 0.2) is 36.4 Å². The van der Waals surface area contributed by atoms with Gasteiger partial charge in [-0.25, -0.2) is 4.79 Å². The number of hydrogen-bond donors (Lipinski definition) is 1. The molecule has 0 radical (unpaired) electrons. The Balaban J connectivity index is 2.33. The fourth-order valence-electron chi connectivity index (χ4n) is 2.15. The predicted octanol–water partition coefficient (Wildman–Crippen LogP) is 2.73. The van der Waals surface area contributed by atoms with Crippen LogP contribution in [0.25, 0.3) is 0 Å². The largest absolute Gasteiger partial charge is 0.497 e. The molecule has 1 aromatic heterocycles. The first-order chi connectivity index (χ1) is 10.0. The summed E-state index contributed by atoms with van der Waals surface area (Å²) in [6.07, 6.45) is 0. The Morgan fingerprint density at radius 2 is 2.10 bits per heavy atom. The van der Waals surface area contributed by atoms with Crippen molar-refractivity contribution in [3.05, 3.63) is 53.3 Å². The molecule has 0 aliphatic rings. The molecule has 0 aliphatic heterocycles. The molecule has 0 saturated carbocycles. The molecule has 1 aromatic carbocycles. The van der Waals surface area contributed by atoms with Gasteiger partial charge in [0.05, 0.1) is 30.6 Å². The van der Waals surface area contributed by atoms with Crippen LogP contribution in [0.5, 0.6) is 5.75 Å². The standard InChI is InChI=1S/C16H18N2O3/c1-11-5-4-6-12(17-11)10-18(2)15-9-13(21-3)7-8-14(15)16(19)20/h4-9H,10H2,1-3H3,(H,19,20). The predicted molar refractivity (Wildman–Crippen MR) is 81.0 cm³/mol. The molecule has 0 aliphatic carbocycles. The number of aromatic nitrogens is 1. The van der Waals surface area contributed by atoms with Crippen LogP contribution in [-0.4, -0.2) is 30.2 Å². The molecule has 0 amide bonds. The number of methoxy groups -OCH3 is 1. The van der Waals surface area contributed by atoms with E-state index in [0.29, 0.717) is 18.0 Å². The number of rotatable bonds is 5. The number of carboxylic acids is 1. The van der Waals surface area contributed by atoms with Gasteiger partial charge >= 0.3 is 5.97 Å². The lowest BCUT2D eigenvalue weighted by molar-refractivity contribution is 0.0697. The summed E-state index contributed by atoms with van der Waals surface area (Å²) in [5, 5.41) is 9.31. The summed E-state index contributed by atoms with van der Waals surface area (Å²) in [5.41, 5.74) is 2.66. The van der Waals surface area contributed by atoms with Gasteiger partial charge in [-0.05, 0) is 31.2 Å². The van der Waals surface area contributed by atoms with Gasteiger partial charge in [-0.1, -0.05) is 6.07 Å². The number of aromatic carboxylic acids is 1. The fraction of sp³-hybridized carbons (Fsp3) is 0.250. The topological polar surface area (TPSA) is 62.7 Å². The van der Waals surface area contributed by atoms with E-state index in [-0.39, 0.29) is 5.56 Å². The summed E-state index contributed by atoms with van der Waals surface area (Å²) in [6, 6.07) is 10.7. The van der Waals surface area contributed by atoms with Gasteiger partial charge in [-0.3, -0.25) is 4.98 Å². The monoisotopic (exact) mass is 286 g/mol. The van der Waals surface area contributed by atoms with Crippen molar-refractivity contribution in [1.82, 2.24) is 4.98 Å². The molecule has 1 N–H and O–H groups in total. The quantitative estimate of drug-likeness (QED) is 0.915. The van der Waals surface area contributed by atoms with Gasteiger partial charge in [-0.2, -0.15) is 0 Å². The van der Waals surface area contributed by atoms with E-state index in [9.17, 15) is 9.90 Å². The second-order valence-electron chi connectivity index (χ2n) is 4.81. The smallest absolute Gasteiger partial charge is 0.337 e. The van der Waals surface area contributed by atoms with Crippen molar-refractivity contribution in [2.24, 2.45) is 0 Å². The Morgan fingerprint density at radius 1 is 1.33 bits per heavy atom. The molecule has 110 valence electrons. The number of aryl methyl sites for hydroxylation is 1. The molecule has 0 atom stereocenters. The summed E-state index contributed by atoms with van der Waals surface area (Å²) in [5.74, 6) is -0.337. The number of carbonyl (C=O) groups is 1. The minimum absolute atomic E-state index is 0.242. The van der Waals surface area contributed by atoms with Gasteiger partial charge in [0.1, 0.15) is 5.75 Å². The molecule has 5 nitrogen and oxygen atoms in total. The highest BCUT2D eigenvalue weighted by molar-refractivity contribution is 5.94. The van der Waals surface area contributed by atoms with Crippen molar-refractivity contribution < 1.29 is 14.6 Å². The normalized spacial score (nSPS) is 10.2. The van der Waals surface area contributed by atoms with Crippen molar-refractivity contribution in [3.8, 4) is 5.75 Å². The van der Waals surface area contributed by atoms with Crippen molar-refractivity contribution >= 4 is 11.7 Å². The maximum absolute atomic E-state index is 11.3. The average Bonchev–Trinajstić information content (AvgIpc) is 2.46. The van der Waals surface area contributed by atoms with E-state index in [1.54, 1.807) is 25.3 Å². The van der Waals surface area contributed by atoms with Crippen LogP contribution in [0.3, 0.4) is 0 Å². The van der Waals surface area contributed by atoms with Crippen LogP contribution in [0.4, 0.5) is 5.69 Å². The summed E-state index contributed by atoms with van der Waals surface area (Å²) in [4.78, 5) is 17.6. The number of nitrogens with zero attached hydrogens (tertiary/aromatic N) is 2. The number of carboxylic acid groups (broad SMARTS) is 1. The number of ether oxygens (including phenoxy) is 1. The number of pyridine rings is 1. The molecule has 21 heavy (non-hydrogen) atoms. The lowest BCUT2D eigenvalue weighted by Crippen LogP contribution is -2.20. The number of hydrogen-bond acceptors (Lipinski definition) is 4. The SMILES string of the molecule is COc1ccc(C(=O)O)c(N(C)Cc2cccc(C)n2)c1. The second-order valence-corrected chi connectivity index (χ2v) is 4.81. The first-order valence-corrected chi connectivity index (χ1v) is 6.56. The van der Waals surface area contributed by atoms with E-state index in [4.69, 9.17) is 4.74 Å². The maximum Gasteiger partial charge on any atom is 0.337 e. The van der Waals surface area contributed by atoms with Crippen LogP contribution in [-0.2, 0) is 6.54 Å². The van der Waals surface area contributed by atoms with Crippen LogP contribution < -0.4 is 9.64 Å². The third-order valence-corrected chi connectivity index (χ3v) is 3.19. The van der Waals surface area contributed by atoms with Crippen molar-refractivity contribution in [3.63, 3.8) is 0 Å². The number of anilines is 1. The Morgan fingerprint density at radius 3 is 2.71 bits per heavy atom. The Bertz CT molecular complexity index is 656. The summed E-state index contributed by atoms with van der Waals surface area (Å²) in [7, 11) is 3.40. The minimum atomic E-state index is -0.961. The Hall–Kier alpha value is -2.56. The van der Waals surface area contributed by atoms with Gasteiger partial charge in [0, 0.05) is 18.8 Å². The molecule has 0 unspecified atom stereocenters. The van der Waals surface area contributed by atoms with Crippen molar-refractivity contribution in [2.75, 3.05) is 19.1 Å². The first kappa shape index (κ1) is 14.8. The van der Waals surface area contributed by atoms with Crippen molar-refractivity contribution in [1.29, 1.82) is 0 Å². The molecule has 5 heteroatoms. The summed E-state index contributed by atoms with van der Waals surface area (Å²) >= 11 is 0. The van der Waals surface area contributed by atoms with Crippen molar-refractivity contribution in [2.45, 2.75) is 13.5 Å².